The van der Waals surface area contributed by atoms with Crippen LogP contribution in [0.3, 0.4) is 0 Å². The van der Waals surface area contributed by atoms with Crippen molar-refractivity contribution in [3.8, 4) is 0 Å². The first-order valence-corrected chi connectivity index (χ1v) is 15.6. The Bertz CT molecular complexity index is 940. The molecule has 0 radical (unpaired) electrons. The van der Waals surface area contributed by atoms with Crippen LogP contribution in [0.15, 0.2) is 38.3 Å². The molecule has 0 spiro atoms. The molecule has 226 valence electrons. The fourth-order valence-corrected chi connectivity index (χ4v) is 5.57. The number of hydrogen-bond acceptors (Lipinski definition) is 13. The summed E-state index contributed by atoms with van der Waals surface area (Å²) in [6, 6.07) is 3.38. The summed E-state index contributed by atoms with van der Waals surface area (Å²) in [6.07, 6.45) is 5.60. The second-order valence-corrected chi connectivity index (χ2v) is 16.5. The number of fused-ring (bicyclic) bond motifs is 3. The molecule has 1 aromatic heterocycles. The molecule has 3 saturated heterocycles. The van der Waals surface area contributed by atoms with Crippen LogP contribution in [0.2, 0.25) is 0 Å². The molecule has 40 heavy (non-hydrogen) atoms. The maximum Gasteiger partial charge on any atom is 0.252 e. The normalized spacial score (nSPS) is 22.1. The van der Waals surface area contributed by atoms with Gasteiger partial charge in [0.25, 0.3) is 5.91 Å². The van der Waals surface area contributed by atoms with Crippen LogP contribution in [0.5, 0.6) is 0 Å². The monoisotopic (exact) mass is 615 g/mol. The van der Waals surface area contributed by atoms with Crippen molar-refractivity contribution < 1.29 is 4.79 Å². The minimum atomic E-state index is -0.403. The summed E-state index contributed by atoms with van der Waals surface area (Å²) >= 11 is 3.24. The maximum absolute atomic E-state index is 11.6. The van der Waals surface area contributed by atoms with E-state index in [4.69, 9.17) is 0 Å². The van der Waals surface area contributed by atoms with E-state index in [1.165, 1.54) is 44.1 Å². The Kier molecular flexibility index (Phi) is 15.2. The van der Waals surface area contributed by atoms with Gasteiger partial charge in [0.1, 0.15) is 0 Å². The highest BCUT2D eigenvalue weighted by Crippen LogP contribution is 2.44. The summed E-state index contributed by atoms with van der Waals surface area (Å²) in [5.41, 5.74) is 0.600. The van der Waals surface area contributed by atoms with E-state index >= 15 is 0 Å². The molecule has 4 rings (SSSR count). The highest BCUT2D eigenvalue weighted by Gasteiger charge is 2.44. The maximum atomic E-state index is 11.6. The van der Waals surface area contributed by atoms with Crippen molar-refractivity contribution in [3.05, 3.63) is 44.8 Å². The Hall–Kier alpha value is -1.61. The quantitative estimate of drug-likeness (QED) is 0.210. The molecule has 3 fully saturated rings. The van der Waals surface area contributed by atoms with Crippen LogP contribution < -0.4 is 10.6 Å². The van der Waals surface area contributed by atoms with Gasteiger partial charge in [-0.1, -0.05) is 0 Å². The molecule has 1 unspecified atom stereocenters. The molecule has 0 aliphatic carbocycles. The number of piperidine rings is 3. The van der Waals surface area contributed by atoms with Gasteiger partial charge in [-0.2, -0.15) is 0 Å². The molecule has 3 aliphatic heterocycles. The Morgan fingerprint density at radius 3 is 2.00 bits per heavy atom. The number of carbonyl (C=O) groups excluding carboxylic acids is 1. The molecule has 1 aromatic rings. The van der Waals surface area contributed by atoms with Crippen molar-refractivity contribution in [1.29, 1.82) is 0 Å². The van der Waals surface area contributed by atoms with Crippen LogP contribution >= 0.6 is 35.8 Å². The van der Waals surface area contributed by atoms with Crippen LogP contribution in [0.1, 0.15) is 78.6 Å². The Balaban J connectivity index is 0.000000305. The fourth-order valence-electron chi connectivity index (χ4n) is 4.10. The minimum Gasteiger partial charge on any atom is -0.351 e. The zero-order valence-corrected chi connectivity index (χ0v) is 27.4. The van der Waals surface area contributed by atoms with Gasteiger partial charge in [0.15, 0.2) is 0 Å². The second kappa shape index (κ2) is 16.7. The van der Waals surface area contributed by atoms with Gasteiger partial charge in [0, 0.05) is 91.9 Å². The van der Waals surface area contributed by atoms with Crippen molar-refractivity contribution in [2.24, 2.45) is 19.7 Å². The first kappa shape index (κ1) is 36.4. The van der Waals surface area contributed by atoms with E-state index in [9.17, 15) is 19.5 Å². The fraction of sp³-hybridized carbons (Fsp3) is 0.769. The number of pyridine rings is 1. The van der Waals surface area contributed by atoms with Crippen molar-refractivity contribution in [1.82, 2.24) is 20.5 Å². The molecule has 2 N–H and O–H groups in total. The van der Waals surface area contributed by atoms with Crippen LogP contribution in [-0.4, -0.2) is 68.3 Å². The summed E-state index contributed by atoms with van der Waals surface area (Å²) in [6.45, 7) is 20.8. The number of nitrogens with zero attached hydrogens (tertiary/aromatic N) is 5. The number of carbonyl (C=O) groups is 1. The standard InChI is InChI=1S/C10H13N3O2S.C8H14N2OS.C8H18N2OS/c1-10(2,16-13-15)7-12-9(14)8-4-3-5-11-6-8;1-8(12-9-11)6-10-4-2-7(8)3-5-10;1-7(2,3)9-6-8(4,5)12-10-11/h3-6H,7H2,1-2H3,(H,12,14);7H,2-6H2,1H3;9H,6H2,1-5H3. The molecule has 11 nitrogen and oxygen atoms in total. The van der Waals surface area contributed by atoms with Crippen molar-refractivity contribution in [3.63, 3.8) is 0 Å². The summed E-state index contributed by atoms with van der Waals surface area (Å²) in [7, 11) is 0. The summed E-state index contributed by atoms with van der Waals surface area (Å²) in [4.78, 5) is 48.3. The molecule has 1 amide bonds. The van der Waals surface area contributed by atoms with Gasteiger partial charge < -0.3 is 15.5 Å². The van der Waals surface area contributed by atoms with E-state index in [0.717, 1.165) is 37.0 Å². The van der Waals surface area contributed by atoms with E-state index in [1.807, 2.05) is 27.7 Å². The largest absolute Gasteiger partial charge is 0.351 e. The molecule has 14 heteroatoms. The van der Waals surface area contributed by atoms with Gasteiger partial charge in [-0.05, 0) is 99.4 Å². The van der Waals surface area contributed by atoms with Crippen LogP contribution in [-0.2, 0) is 0 Å². The number of amides is 1. The van der Waals surface area contributed by atoms with Crippen molar-refractivity contribution >= 4 is 41.8 Å². The lowest BCUT2D eigenvalue weighted by Gasteiger charge is -2.49. The molecular weight excluding hydrogens is 571 g/mol. The zero-order valence-electron chi connectivity index (χ0n) is 24.9. The lowest BCUT2D eigenvalue weighted by atomic mass is 9.79. The molecular formula is C26H45N7O4S3. The third-order valence-corrected chi connectivity index (χ3v) is 8.83. The van der Waals surface area contributed by atoms with Gasteiger partial charge in [-0.3, -0.25) is 9.78 Å². The highest BCUT2D eigenvalue weighted by molar-refractivity contribution is 7.99. The van der Waals surface area contributed by atoms with Crippen molar-refractivity contribution in [2.75, 3.05) is 32.7 Å². The lowest BCUT2D eigenvalue weighted by molar-refractivity contribution is 0.0794. The number of nitrogens with one attached hydrogen (secondary N) is 2. The van der Waals surface area contributed by atoms with E-state index in [1.54, 1.807) is 18.3 Å². The van der Waals surface area contributed by atoms with E-state index in [0.29, 0.717) is 18.0 Å². The molecule has 2 bridgehead atoms. The Morgan fingerprint density at radius 1 is 1.00 bits per heavy atom. The molecule has 1 atom stereocenters. The van der Waals surface area contributed by atoms with E-state index in [-0.39, 0.29) is 20.9 Å². The summed E-state index contributed by atoms with van der Waals surface area (Å²) in [5, 5.41) is 6.05. The number of hydrogen-bond donors (Lipinski definition) is 2. The van der Waals surface area contributed by atoms with Crippen LogP contribution in [0.4, 0.5) is 0 Å². The third kappa shape index (κ3) is 14.3. The molecule has 0 aromatic carbocycles. The first-order chi connectivity index (χ1) is 18.6. The first-order valence-electron chi connectivity index (χ1n) is 13.2. The Morgan fingerprint density at radius 2 is 1.57 bits per heavy atom. The zero-order chi connectivity index (χ0) is 30.5. The van der Waals surface area contributed by atoms with Gasteiger partial charge in [-0.15, -0.1) is 14.7 Å². The number of rotatable bonds is 11. The minimum absolute atomic E-state index is 0.0979. The number of aromatic nitrogens is 1. The second-order valence-electron chi connectivity index (χ2n) is 12.4. The SMILES string of the molecule is CC(C)(C)NCC(C)(C)SN=O.CC(C)(CNC(=O)c1cccnc1)SN=O.CC1(SN=O)CN2CCC1CC2. The van der Waals surface area contributed by atoms with Gasteiger partial charge in [0.2, 0.25) is 0 Å². The summed E-state index contributed by atoms with van der Waals surface area (Å²) in [5.74, 6) is 0.512. The van der Waals surface area contributed by atoms with Crippen LogP contribution in [0.25, 0.3) is 0 Å². The summed E-state index contributed by atoms with van der Waals surface area (Å²) < 4.78 is 8.18. The Labute approximate surface area is 251 Å². The molecule has 4 heterocycles. The van der Waals surface area contributed by atoms with Gasteiger partial charge in [-0.25, -0.2) is 0 Å². The van der Waals surface area contributed by atoms with Gasteiger partial charge in [0.05, 0.1) is 15.1 Å². The molecule has 0 saturated carbocycles. The average molecular weight is 616 g/mol. The predicted octanol–water partition coefficient (Wildman–Crippen LogP) is 6.46. The van der Waals surface area contributed by atoms with Crippen molar-refractivity contribution in [2.45, 2.75) is 88.0 Å². The highest BCUT2D eigenvalue weighted by atomic mass is 32.2. The van der Waals surface area contributed by atoms with E-state index in [2.05, 4.69) is 62.0 Å². The predicted molar refractivity (Wildman–Crippen MR) is 170 cm³/mol. The average Bonchev–Trinajstić information content (AvgIpc) is 2.88. The topological polar surface area (TPSA) is 146 Å². The smallest absolute Gasteiger partial charge is 0.252 e. The van der Waals surface area contributed by atoms with Gasteiger partial charge >= 0.3 is 0 Å². The third-order valence-electron chi connectivity index (χ3n) is 6.45. The molecule has 3 aliphatic rings. The lowest BCUT2D eigenvalue weighted by Crippen LogP contribution is -2.55. The van der Waals surface area contributed by atoms with Crippen LogP contribution in [0, 0.1) is 20.6 Å². The van der Waals surface area contributed by atoms with E-state index < -0.39 is 4.75 Å². The number of nitroso groups, excluding NO2 is 3.